The predicted molar refractivity (Wildman–Crippen MR) is 181 cm³/mol. The maximum atomic E-state index is 13.9. The molecule has 0 unspecified atom stereocenters. The van der Waals surface area contributed by atoms with Gasteiger partial charge in [-0.3, -0.25) is 28.9 Å². The third-order valence-electron chi connectivity index (χ3n) is 9.94. The summed E-state index contributed by atoms with van der Waals surface area (Å²) >= 11 is 1.51. The first-order valence-electron chi connectivity index (χ1n) is 15.8. The van der Waals surface area contributed by atoms with E-state index in [4.69, 9.17) is 5.73 Å². The Labute approximate surface area is 280 Å². The summed E-state index contributed by atoms with van der Waals surface area (Å²) in [5.41, 5.74) is 7.09. The smallest absolute Gasteiger partial charge is 0.243 e. The molecule has 7 N–H and O–H groups in total. The number of likely N-dealkylation sites (tertiary alicyclic amines) is 1. The molecule has 0 radical (unpaired) electrons. The average molecular weight is 667 g/mol. The van der Waals surface area contributed by atoms with E-state index in [1.54, 1.807) is 12.1 Å². The van der Waals surface area contributed by atoms with Crippen LogP contribution in [0.25, 0.3) is 0 Å². The number of benzene rings is 2. The van der Waals surface area contributed by atoms with Crippen molar-refractivity contribution in [3.05, 3.63) is 65.2 Å². The minimum Gasteiger partial charge on any atom is -0.508 e. The number of piperidine rings is 1. The molecule has 1 fully saturated rings. The van der Waals surface area contributed by atoms with E-state index in [2.05, 4.69) is 33.1 Å². The Hall–Kier alpha value is -4.10. The van der Waals surface area contributed by atoms with Crippen molar-refractivity contribution in [1.29, 1.82) is 0 Å². The van der Waals surface area contributed by atoms with Crippen LogP contribution in [0.2, 0.25) is 0 Å². The lowest BCUT2D eigenvalue weighted by Crippen LogP contribution is -2.71. The van der Waals surface area contributed by atoms with E-state index in [9.17, 15) is 29.1 Å². The van der Waals surface area contributed by atoms with Gasteiger partial charge >= 0.3 is 0 Å². The molecule has 5 amide bonds. The van der Waals surface area contributed by atoms with E-state index in [1.807, 2.05) is 56.6 Å². The zero-order chi connectivity index (χ0) is 34.4. The highest BCUT2D eigenvalue weighted by molar-refractivity contribution is 7.98. The molecular formula is C34H46N6O6S. The molecule has 0 saturated carbocycles. The van der Waals surface area contributed by atoms with Gasteiger partial charge in [-0.2, -0.15) is 11.8 Å². The van der Waals surface area contributed by atoms with Crippen molar-refractivity contribution < 1.29 is 29.1 Å². The second-order valence-electron chi connectivity index (χ2n) is 12.8. The molecular weight excluding hydrogens is 620 g/mol. The first-order chi connectivity index (χ1) is 22.3. The van der Waals surface area contributed by atoms with Crippen molar-refractivity contribution in [1.82, 2.24) is 26.2 Å². The molecule has 254 valence electrons. The lowest BCUT2D eigenvalue weighted by molar-refractivity contribution is -0.145. The van der Waals surface area contributed by atoms with Crippen LogP contribution in [0.4, 0.5) is 0 Å². The number of carbonyl (C=O) groups excluding carboxylic acids is 5. The second kappa shape index (κ2) is 15.2. The van der Waals surface area contributed by atoms with Gasteiger partial charge in [0.05, 0.1) is 13.1 Å². The number of likely N-dealkylation sites (N-methyl/N-ethyl adjacent to an activating group) is 1. The molecule has 2 aliphatic rings. The van der Waals surface area contributed by atoms with Gasteiger partial charge in [-0.25, -0.2) is 0 Å². The van der Waals surface area contributed by atoms with E-state index in [1.165, 1.54) is 11.8 Å². The quantitative estimate of drug-likeness (QED) is 0.169. The highest BCUT2D eigenvalue weighted by Crippen LogP contribution is 2.53. The van der Waals surface area contributed by atoms with Gasteiger partial charge in [-0.05, 0) is 78.6 Å². The maximum absolute atomic E-state index is 13.9. The Bertz CT molecular complexity index is 1490. The summed E-state index contributed by atoms with van der Waals surface area (Å²) in [5, 5.41) is 20.8. The SMILES string of the molecule is CSCC[C@H](NC(=O)[C@H](Cc1ccccc1)NC(=O)CNC(=O)CNC(=O)[C@]12Cc3ccc(O)cc3[C@@](C)(CCN1C)[C@H]2C)C(N)=O. The fourth-order valence-corrected chi connectivity index (χ4v) is 7.44. The van der Waals surface area contributed by atoms with Gasteiger partial charge in [0.15, 0.2) is 0 Å². The molecule has 13 heteroatoms. The normalized spacial score (nSPS) is 23.0. The molecule has 1 heterocycles. The topological polar surface area (TPSA) is 183 Å². The van der Waals surface area contributed by atoms with Crippen LogP contribution in [0.1, 0.15) is 43.4 Å². The van der Waals surface area contributed by atoms with E-state index in [-0.39, 0.29) is 36.0 Å². The summed E-state index contributed by atoms with van der Waals surface area (Å²) < 4.78 is 0. The molecule has 0 spiro atoms. The maximum Gasteiger partial charge on any atom is 0.243 e. The number of nitrogens with two attached hydrogens (primary N) is 1. The Morgan fingerprint density at radius 1 is 1.02 bits per heavy atom. The van der Waals surface area contributed by atoms with E-state index >= 15 is 0 Å². The van der Waals surface area contributed by atoms with Crippen molar-refractivity contribution in [2.45, 2.75) is 62.6 Å². The van der Waals surface area contributed by atoms with Gasteiger partial charge in [-0.1, -0.05) is 50.2 Å². The van der Waals surface area contributed by atoms with Crippen LogP contribution >= 0.6 is 11.8 Å². The number of carbonyl (C=O) groups is 5. The molecule has 47 heavy (non-hydrogen) atoms. The van der Waals surface area contributed by atoms with Crippen LogP contribution in [-0.2, 0) is 42.2 Å². The molecule has 5 atom stereocenters. The summed E-state index contributed by atoms with van der Waals surface area (Å²) in [6.07, 6.45) is 3.64. The number of primary amides is 1. The number of aromatic hydroxyl groups is 1. The number of hydrogen-bond acceptors (Lipinski definition) is 8. The summed E-state index contributed by atoms with van der Waals surface area (Å²) in [5.74, 6) is -1.98. The van der Waals surface area contributed by atoms with Gasteiger partial charge in [0, 0.05) is 12.8 Å². The van der Waals surface area contributed by atoms with E-state index in [0.29, 0.717) is 25.1 Å². The van der Waals surface area contributed by atoms with Crippen molar-refractivity contribution >= 4 is 41.3 Å². The van der Waals surface area contributed by atoms with E-state index < -0.39 is 47.8 Å². The molecule has 12 nitrogen and oxygen atoms in total. The monoisotopic (exact) mass is 666 g/mol. The van der Waals surface area contributed by atoms with Crippen molar-refractivity contribution in [3.63, 3.8) is 0 Å². The fourth-order valence-electron chi connectivity index (χ4n) is 6.97. The summed E-state index contributed by atoms with van der Waals surface area (Å²) in [7, 11) is 1.92. The van der Waals surface area contributed by atoms with Gasteiger partial charge < -0.3 is 32.1 Å². The number of thioether (sulfide) groups is 1. The fraction of sp³-hybridized carbons (Fsp3) is 0.500. The first-order valence-corrected chi connectivity index (χ1v) is 17.2. The zero-order valence-electron chi connectivity index (χ0n) is 27.4. The van der Waals surface area contributed by atoms with Crippen LogP contribution in [0.3, 0.4) is 0 Å². The van der Waals surface area contributed by atoms with Gasteiger partial charge in [0.1, 0.15) is 23.4 Å². The number of nitrogens with zero attached hydrogens (tertiary/aromatic N) is 1. The number of amides is 5. The Kier molecular flexibility index (Phi) is 11.6. The van der Waals surface area contributed by atoms with Crippen LogP contribution in [-0.4, -0.2) is 95.9 Å². The van der Waals surface area contributed by atoms with Crippen LogP contribution in [0.15, 0.2) is 48.5 Å². The Morgan fingerprint density at radius 2 is 1.72 bits per heavy atom. The standard InChI is InChI=1S/C34H46N6O6S/c1-21-33(2)13-14-40(3)34(21,18-23-10-11-24(41)17-25(23)33)32(46)37-19-28(42)36-20-29(43)38-27(16-22-8-6-5-7-9-22)31(45)39-26(30(35)44)12-15-47-4/h5-11,17,21,26-27,41H,12-16,18-20H2,1-4H3,(H2,35,44)(H,36,42)(H,37,46)(H,38,43)(H,39,45)/t21-,26+,27+,33+,34-/m1/s1. The third-order valence-corrected chi connectivity index (χ3v) is 10.6. The number of phenols is 1. The Balaban J connectivity index is 1.36. The highest BCUT2D eigenvalue weighted by atomic mass is 32.2. The van der Waals surface area contributed by atoms with E-state index in [0.717, 1.165) is 23.1 Å². The lowest BCUT2D eigenvalue weighted by Gasteiger charge is -2.59. The van der Waals surface area contributed by atoms with Crippen LogP contribution in [0, 0.1) is 5.92 Å². The summed E-state index contributed by atoms with van der Waals surface area (Å²) in [6.45, 7) is 4.08. The minimum atomic E-state index is -1.02. The number of fused-ring (bicyclic) bond motifs is 4. The predicted octanol–water partition coefficient (Wildman–Crippen LogP) is 0.600. The molecule has 2 aromatic rings. The molecule has 0 aromatic heterocycles. The summed E-state index contributed by atoms with van der Waals surface area (Å²) in [4.78, 5) is 66.8. The van der Waals surface area contributed by atoms with Crippen molar-refractivity contribution in [2.75, 3.05) is 38.7 Å². The minimum absolute atomic E-state index is 0.112. The number of nitrogens with one attached hydrogen (secondary N) is 4. The second-order valence-corrected chi connectivity index (χ2v) is 13.8. The molecule has 2 bridgehead atoms. The first kappa shape index (κ1) is 35.7. The molecule has 2 aromatic carbocycles. The average Bonchev–Trinajstić information content (AvgIpc) is 3.04. The molecule has 1 aliphatic carbocycles. The molecule has 4 rings (SSSR count). The third kappa shape index (κ3) is 7.90. The van der Waals surface area contributed by atoms with Gasteiger partial charge in [0.25, 0.3) is 0 Å². The number of phenolic OH excluding ortho intramolecular Hbond substituents is 1. The largest absolute Gasteiger partial charge is 0.508 e. The van der Waals surface area contributed by atoms with Crippen molar-refractivity contribution in [2.24, 2.45) is 11.7 Å². The van der Waals surface area contributed by atoms with Gasteiger partial charge in [-0.15, -0.1) is 0 Å². The van der Waals surface area contributed by atoms with Crippen LogP contribution < -0.4 is 27.0 Å². The number of rotatable bonds is 14. The lowest BCUT2D eigenvalue weighted by atomic mass is 9.53. The summed E-state index contributed by atoms with van der Waals surface area (Å²) in [6, 6.07) is 12.5. The highest BCUT2D eigenvalue weighted by Gasteiger charge is 2.60. The van der Waals surface area contributed by atoms with Crippen molar-refractivity contribution in [3.8, 4) is 5.75 Å². The Morgan fingerprint density at radius 3 is 2.40 bits per heavy atom. The molecule has 1 saturated heterocycles. The zero-order valence-corrected chi connectivity index (χ0v) is 28.2. The number of hydrogen-bond donors (Lipinski definition) is 6. The molecule has 1 aliphatic heterocycles. The van der Waals surface area contributed by atoms with Gasteiger partial charge in [0.2, 0.25) is 29.5 Å². The van der Waals surface area contributed by atoms with Crippen LogP contribution in [0.5, 0.6) is 5.75 Å².